The number of imide groups is 1. The van der Waals surface area contributed by atoms with E-state index in [2.05, 4.69) is 39.8 Å². The van der Waals surface area contributed by atoms with E-state index in [1.54, 1.807) is 25.2 Å². The van der Waals surface area contributed by atoms with Crippen LogP contribution in [0.15, 0.2) is 30.3 Å². The number of aryl methyl sites for hydroxylation is 1. The second kappa shape index (κ2) is 8.08. The van der Waals surface area contributed by atoms with Crippen molar-refractivity contribution in [3.05, 3.63) is 52.6 Å². The molecule has 0 atom stereocenters. The van der Waals surface area contributed by atoms with Gasteiger partial charge in [-0.25, -0.2) is 9.69 Å². The normalized spacial score (nSPS) is 19.0. The first-order valence-electron chi connectivity index (χ1n) is 11.5. The summed E-state index contributed by atoms with van der Waals surface area (Å²) in [6.07, 6.45) is 2.19. The lowest BCUT2D eigenvalue weighted by Gasteiger charge is -2.42. The Morgan fingerprint density at radius 2 is 1.55 bits per heavy atom. The van der Waals surface area contributed by atoms with E-state index in [1.165, 1.54) is 16.0 Å². The van der Waals surface area contributed by atoms with Gasteiger partial charge >= 0.3 is 6.03 Å². The van der Waals surface area contributed by atoms with E-state index in [-0.39, 0.29) is 35.9 Å². The predicted molar refractivity (Wildman–Crippen MR) is 129 cm³/mol. The van der Waals surface area contributed by atoms with Crippen molar-refractivity contribution in [1.29, 1.82) is 0 Å². The number of rotatable bonds is 5. The number of nitrogens with zero attached hydrogens (tertiary/aromatic N) is 2. The number of benzene rings is 2. The molecule has 2 aromatic rings. The topological polar surface area (TPSA) is 59.1 Å². The fourth-order valence-electron chi connectivity index (χ4n) is 5.05. The monoisotopic (exact) mass is 450 g/mol. The van der Waals surface area contributed by atoms with Crippen LogP contribution in [-0.4, -0.2) is 37.6 Å². The fraction of sp³-hybridized carbons (Fsp3) is 0.481. The number of carbonyl (C=O) groups is 2. The van der Waals surface area contributed by atoms with Gasteiger partial charge in [-0.05, 0) is 65.5 Å². The molecule has 0 unspecified atom stereocenters. The Balaban J connectivity index is 1.68. The molecule has 6 nitrogen and oxygen atoms in total. The lowest BCUT2D eigenvalue weighted by Crippen LogP contribution is -2.36. The highest BCUT2D eigenvalue weighted by atomic mass is 16.5. The summed E-state index contributed by atoms with van der Waals surface area (Å²) >= 11 is 0. The number of amides is 3. The zero-order valence-electron chi connectivity index (χ0n) is 20.7. The predicted octanol–water partition coefficient (Wildman–Crippen LogP) is 5.33. The highest BCUT2D eigenvalue weighted by Crippen LogP contribution is 2.48. The Bertz CT molecular complexity index is 1120. The average Bonchev–Trinajstić information content (AvgIpc) is 3.04. The van der Waals surface area contributed by atoms with Gasteiger partial charge in [-0.3, -0.25) is 4.79 Å². The zero-order chi connectivity index (χ0) is 24.1. The van der Waals surface area contributed by atoms with Gasteiger partial charge in [-0.1, -0.05) is 33.8 Å². The second-order valence-electron chi connectivity index (χ2n) is 10.5. The van der Waals surface area contributed by atoms with E-state index in [1.807, 2.05) is 19.1 Å². The summed E-state index contributed by atoms with van der Waals surface area (Å²) in [5.74, 6) is 1.10. The van der Waals surface area contributed by atoms with Crippen molar-refractivity contribution in [2.24, 2.45) is 0 Å². The molecule has 33 heavy (non-hydrogen) atoms. The van der Waals surface area contributed by atoms with Crippen molar-refractivity contribution in [3.8, 4) is 11.5 Å². The van der Waals surface area contributed by atoms with E-state index < -0.39 is 0 Å². The van der Waals surface area contributed by atoms with Gasteiger partial charge in [-0.15, -0.1) is 0 Å². The summed E-state index contributed by atoms with van der Waals surface area (Å²) in [7, 11) is 3.18. The molecular weight excluding hydrogens is 416 g/mol. The van der Waals surface area contributed by atoms with Gasteiger partial charge < -0.3 is 14.4 Å². The molecule has 1 aliphatic carbocycles. The minimum Gasteiger partial charge on any atom is -0.497 e. The second-order valence-corrected chi connectivity index (χ2v) is 10.5. The molecule has 3 amide bonds. The smallest absolute Gasteiger partial charge is 0.332 e. The fourth-order valence-corrected chi connectivity index (χ4v) is 5.05. The molecule has 2 aromatic carbocycles. The number of fused-ring (bicyclic) bond motifs is 1. The molecule has 1 heterocycles. The van der Waals surface area contributed by atoms with Crippen LogP contribution in [0.3, 0.4) is 0 Å². The van der Waals surface area contributed by atoms with Crippen molar-refractivity contribution >= 4 is 17.6 Å². The number of hydrogen-bond acceptors (Lipinski definition) is 4. The van der Waals surface area contributed by atoms with Crippen LogP contribution >= 0.6 is 0 Å². The van der Waals surface area contributed by atoms with Crippen LogP contribution in [0.2, 0.25) is 0 Å². The lowest BCUT2D eigenvalue weighted by atomic mass is 9.63. The third-order valence-corrected chi connectivity index (χ3v) is 7.30. The van der Waals surface area contributed by atoms with Crippen LogP contribution < -0.4 is 14.4 Å². The van der Waals surface area contributed by atoms with Crippen LogP contribution in [-0.2, 0) is 22.2 Å². The summed E-state index contributed by atoms with van der Waals surface area (Å²) in [5.41, 5.74) is 5.09. The molecule has 2 aliphatic rings. The first-order chi connectivity index (χ1) is 15.5. The van der Waals surface area contributed by atoms with E-state index >= 15 is 0 Å². The van der Waals surface area contributed by atoms with E-state index in [9.17, 15) is 9.59 Å². The largest absolute Gasteiger partial charge is 0.497 e. The number of urea groups is 1. The first kappa shape index (κ1) is 23.1. The molecule has 6 heteroatoms. The van der Waals surface area contributed by atoms with E-state index in [0.29, 0.717) is 17.2 Å². The van der Waals surface area contributed by atoms with Gasteiger partial charge in [-0.2, -0.15) is 0 Å². The Hall–Kier alpha value is -3.02. The van der Waals surface area contributed by atoms with E-state index in [0.717, 1.165) is 24.0 Å². The third kappa shape index (κ3) is 3.96. The van der Waals surface area contributed by atoms with E-state index in [4.69, 9.17) is 9.47 Å². The van der Waals surface area contributed by atoms with Crippen LogP contribution in [0.5, 0.6) is 11.5 Å². The van der Waals surface area contributed by atoms with Gasteiger partial charge in [0.1, 0.15) is 18.0 Å². The summed E-state index contributed by atoms with van der Waals surface area (Å²) in [6.45, 7) is 11.4. The molecule has 0 N–H and O–H groups in total. The average molecular weight is 451 g/mol. The lowest BCUT2D eigenvalue weighted by molar-refractivity contribution is -0.116. The molecular formula is C27H34N2O4. The minimum atomic E-state index is -0.297. The van der Waals surface area contributed by atoms with Crippen molar-refractivity contribution in [2.75, 3.05) is 25.7 Å². The number of carbonyl (C=O) groups excluding carboxylic acids is 2. The third-order valence-electron chi connectivity index (χ3n) is 7.30. The number of ether oxygens (including phenoxy) is 2. The summed E-state index contributed by atoms with van der Waals surface area (Å²) in [4.78, 5) is 29.4. The summed E-state index contributed by atoms with van der Waals surface area (Å²) in [5, 5.41) is 0. The van der Waals surface area contributed by atoms with Crippen LogP contribution in [0.4, 0.5) is 10.5 Å². The quantitative estimate of drug-likeness (QED) is 0.578. The molecule has 1 fully saturated rings. The molecule has 176 valence electrons. The molecule has 0 radical (unpaired) electrons. The standard InChI is InChI=1S/C27H34N2O4/c1-17-12-20-21(27(4,5)11-10-26(20,2)3)14-22(17)29-24(30)16-28(25(29)31)15-18-8-9-19(32-6)13-23(18)33-7/h8-9,12-14H,10-11,15-16H2,1-7H3. The van der Waals surface area contributed by atoms with Crippen LogP contribution in [0, 0.1) is 6.92 Å². The molecule has 4 rings (SSSR count). The maximum Gasteiger partial charge on any atom is 0.332 e. The summed E-state index contributed by atoms with van der Waals surface area (Å²) in [6, 6.07) is 9.45. The van der Waals surface area contributed by atoms with Gasteiger partial charge in [0.15, 0.2) is 0 Å². The number of methoxy groups -OCH3 is 2. The van der Waals surface area contributed by atoms with Gasteiger partial charge in [0, 0.05) is 11.6 Å². The maximum absolute atomic E-state index is 13.4. The zero-order valence-corrected chi connectivity index (χ0v) is 20.7. The number of anilines is 1. The maximum atomic E-state index is 13.4. The molecule has 1 aliphatic heterocycles. The highest BCUT2D eigenvalue weighted by Gasteiger charge is 2.41. The minimum absolute atomic E-state index is 0.00469. The van der Waals surface area contributed by atoms with Crippen molar-refractivity contribution in [1.82, 2.24) is 4.90 Å². The molecule has 0 aromatic heterocycles. The van der Waals surface area contributed by atoms with Crippen molar-refractivity contribution in [2.45, 2.75) is 64.8 Å². The molecule has 0 saturated carbocycles. The highest BCUT2D eigenvalue weighted by molar-refractivity contribution is 6.20. The van der Waals surface area contributed by atoms with Gasteiger partial charge in [0.25, 0.3) is 5.91 Å². The Labute approximate surface area is 196 Å². The van der Waals surface area contributed by atoms with Crippen LogP contribution in [0.1, 0.15) is 62.8 Å². The van der Waals surface area contributed by atoms with Gasteiger partial charge in [0.05, 0.1) is 26.5 Å². The molecule has 0 bridgehead atoms. The van der Waals surface area contributed by atoms with Gasteiger partial charge in [0.2, 0.25) is 0 Å². The Morgan fingerprint density at radius 1 is 0.909 bits per heavy atom. The van der Waals surface area contributed by atoms with Crippen LogP contribution in [0.25, 0.3) is 0 Å². The Kier molecular flexibility index (Phi) is 5.67. The van der Waals surface area contributed by atoms with Crippen molar-refractivity contribution < 1.29 is 19.1 Å². The first-order valence-corrected chi connectivity index (χ1v) is 11.5. The van der Waals surface area contributed by atoms with Crippen molar-refractivity contribution in [3.63, 3.8) is 0 Å². The SMILES string of the molecule is COc1ccc(CN2CC(=O)N(c3cc4c(cc3C)C(C)(C)CCC4(C)C)C2=O)c(OC)c1. The molecule has 1 saturated heterocycles. The Morgan fingerprint density at radius 3 is 2.15 bits per heavy atom. The molecule has 0 spiro atoms. The number of hydrogen-bond donors (Lipinski definition) is 0. The summed E-state index contributed by atoms with van der Waals surface area (Å²) < 4.78 is 10.7.